The number of anilines is 2. The number of halogens is 3. The summed E-state index contributed by atoms with van der Waals surface area (Å²) in [6.07, 6.45) is 3.83. The van der Waals surface area contributed by atoms with Gasteiger partial charge in [0.25, 0.3) is 17.7 Å². The highest BCUT2D eigenvalue weighted by Gasteiger charge is 2.43. The molecule has 0 bridgehead atoms. The number of hydrogen-bond donors (Lipinski definition) is 2. The fourth-order valence-corrected chi connectivity index (χ4v) is 6.89. The van der Waals surface area contributed by atoms with Gasteiger partial charge in [0.2, 0.25) is 0 Å². The van der Waals surface area contributed by atoms with Gasteiger partial charge in [0.15, 0.2) is 18.0 Å². The molecule has 52 heavy (non-hydrogen) atoms. The third-order valence-electron chi connectivity index (χ3n) is 9.94. The summed E-state index contributed by atoms with van der Waals surface area (Å²) in [6, 6.07) is 14.7. The molecule has 5 rings (SSSR count). The highest BCUT2D eigenvalue weighted by Crippen LogP contribution is 2.40. The van der Waals surface area contributed by atoms with Crippen molar-refractivity contribution >= 4 is 75.9 Å². The van der Waals surface area contributed by atoms with Crippen LogP contribution in [0.1, 0.15) is 95.6 Å². The summed E-state index contributed by atoms with van der Waals surface area (Å²) in [4.78, 5) is 41.0. The van der Waals surface area contributed by atoms with Gasteiger partial charge in [-0.1, -0.05) is 101 Å². The molecule has 13 heteroatoms. The fraction of sp³-hybridized carbons (Fsp3) is 0.410. The van der Waals surface area contributed by atoms with Crippen molar-refractivity contribution in [3.05, 3.63) is 86.4 Å². The molecule has 3 aromatic carbocycles. The Bertz CT molecular complexity index is 1900. The molecule has 0 radical (unpaired) electrons. The van der Waals surface area contributed by atoms with Crippen LogP contribution < -0.4 is 20.4 Å². The number of ether oxygens (including phenoxy) is 1. The molecule has 0 aliphatic carbocycles. The number of amides is 3. The topological polar surface area (TPSA) is 116 Å². The highest BCUT2D eigenvalue weighted by atomic mass is 35.5. The summed E-state index contributed by atoms with van der Waals surface area (Å²) in [5, 5.41) is 17.6. The zero-order valence-electron chi connectivity index (χ0n) is 30.5. The largest absolute Gasteiger partial charge is 0.480 e. The van der Waals surface area contributed by atoms with Crippen LogP contribution in [0.4, 0.5) is 11.4 Å². The first-order valence-electron chi connectivity index (χ1n) is 17.5. The van der Waals surface area contributed by atoms with Gasteiger partial charge in [-0.15, -0.1) is 5.10 Å². The molecular formula is C39H45Cl3N6O4. The van der Waals surface area contributed by atoms with E-state index in [0.29, 0.717) is 35.8 Å². The maximum atomic E-state index is 13.7. The standard InChI is InChI=1S/C39H45Cl3N6O4/c1-8-30(52-31-16-15-24(38(4,5)9-2)20-27(31)39(6,7)10-3)36(50)44-26-14-11-13-23(19-26)35(49)45-34-33(47-18-12-17-43-47)37(51)48(46-34)32-28(41)21-25(40)22-29(32)42/h11,13-17,19-22,30,33H,8-10,12,18H2,1-7H3,(H,44,50)(H,45,46,49). The number of carbonyl (C=O) groups is 3. The van der Waals surface area contributed by atoms with E-state index in [1.807, 2.05) is 13.0 Å². The third kappa shape index (κ3) is 8.24. The van der Waals surface area contributed by atoms with Crippen LogP contribution in [-0.4, -0.2) is 53.5 Å². The number of carbonyl (C=O) groups excluding carboxylic acids is 3. The summed E-state index contributed by atoms with van der Waals surface area (Å²) in [5.41, 5.74) is 2.88. The molecular weight excluding hydrogens is 723 g/mol. The molecule has 0 spiro atoms. The molecule has 2 N–H and O–H groups in total. The molecule has 2 aliphatic rings. The van der Waals surface area contributed by atoms with Crippen molar-refractivity contribution in [2.75, 3.05) is 16.9 Å². The SMILES string of the molecule is CCC(Oc1ccc(C(C)(C)CC)cc1C(C)(C)CC)C(=O)Nc1cccc(C(=O)NC2=NN(c3c(Cl)cc(Cl)cc3Cl)C(=O)C2N2CCC=N2)c1. The van der Waals surface area contributed by atoms with Gasteiger partial charge < -0.3 is 15.4 Å². The smallest absolute Gasteiger partial charge is 0.279 e. The van der Waals surface area contributed by atoms with Crippen LogP contribution in [0.2, 0.25) is 15.1 Å². The summed E-state index contributed by atoms with van der Waals surface area (Å²) < 4.78 is 6.44. The Balaban J connectivity index is 1.35. The minimum atomic E-state index is -1.03. The predicted octanol–water partition coefficient (Wildman–Crippen LogP) is 8.97. The number of nitrogens with zero attached hydrogens (tertiary/aromatic N) is 4. The van der Waals surface area contributed by atoms with E-state index in [0.717, 1.165) is 23.4 Å². The van der Waals surface area contributed by atoms with Crippen LogP contribution in [0.5, 0.6) is 5.75 Å². The van der Waals surface area contributed by atoms with Crippen molar-refractivity contribution < 1.29 is 19.1 Å². The Hall–Kier alpha value is -4.12. The van der Waals surface area contributed by atoms with Gasteiger partial charge in [0, 0.05) is 41.0 Å². The van der Waals surface area contributed by atoms with Gasteiger partial charge in [-0.25, -0.2) is 0 Å². The minimum Gasteiger partial charge on any atom is -0.480 e. The van der Waals surface area contributed by atoms with E-state index in [1.165, 1.54) is 17.7 Å². The molecule has 3 aromatic rings. The zero-order chi connectivity index (χ0) is 38.0. The molecule has 3 amide bonds. The van der Waals surface area contributed by atoms with Gasteiger partial charge in [-0.05, 0) is 72.1 Å². The molecule has 0 saturated carbocycles. The summed E-state index contributed by atoms with van der Waals surface area (Å²) in [5.74, 6) is -0.666. The quantitative estimate of drug-likeness (QED) is 0.191. The summed E-state index contributed by atoms with van der Waals surface area (Å²) >= 11 is 19.0. The number of hydrazone groups is 2. The number of nitrogens with one attached hydrogen (secondary N) is 2. The van der Waals surface area contributed by atoms with Crippen LogP contribution >= 0.6 is 34.8 Å². The van der Waals surface area contributed by atoms with Crippen LogP contribution in [0.3, 0.4) is 0 Å². The van der Waals surface area contributed by atoms with Gasteiger partial charge in [-0.3, -0.25) is 19.4 Å². The lowest BCUT2D eigenvalue weighted by molar-refractivity contribution is -0.123. The van der Waals surface area contributed by atoms with Crippen LogP contribution in [0.15, 0.2) is 64.8 Å². The van der Waals surface area contributed by atoms with Gasteiger partial charge in [0.05, 0.1) is 10.0 Å². The molecule has 2 aliphatic heterocycles. The number of hydrogen-bond acceptors (Lipinski definition) is 7. The average Bonchev–Trinajstić information content (AvgIpc) is 3.74. The van der Waals surface area contributed by atoms with E-state index >= 15 is 0 Å². The maximum absolute atomic E-state index is 13.7. The molecule has 0 saturated heterocycles. The Morgan fingerprint density at radius 1 is 0.942 bits per heavy atom. The first-order chi connectivity index (χ1) is 24.6. The maximum Gasteiger partial charge on any atom is 0.279 e. The van der Waals surface area contributed by atoms with Crippen molar-refractivity contribution in [3.63, 3.8) is 0 Å². The monoisotopic (exact) mass is 766 g/mol. The van der Waals surface area contributed by atoms with E-state index in [9.17, 15) is 14.4 Å². The van der Waals surface area contributed by atoms with Crippen molar-refractivity contribution in [3.8, 4) is 5.75 Å². The molecule has 2 heterocycles. The van der Waals surface area contributed by atoms with Crippen molar-refractivity contribution in [1.82, 2.24) is 10.3 Å². The third-order valence-corrected chi connectivity index (χ3v) is 10.7. The van der Waals surface area contributed by atoms with E-state index in [4.69, 9.17) is 39.5 Å². The van der Waals surface area contributed by atoms with E-state index < -0.39 is 24.0 Å². The van der Waals surface area contributed by atoms with Gasteiger partial charge in [0.1, 0.15) is 11.4 Å². The molecule has 2 unspecified atom stereocenters. The molecule has 276 valence electrons. The normalized spacial score (nSPS) is 16.6. The second-order valence-electron chi connectivity index (χ2n) is 14.2. The Morgan fingerprint density at radius 3 is 2.25 bits per heavy atom. The lowest BCUT2D eigenvalue weighted by atomic mass is 9.76. The van der Waals surface area contributed by atoms with Crippen LogP contribution in [-0.2, 0) is 20.4 Å². The zero-order valence-corrected chi connectivity index (χ0v) is 32.8. The Morgan fingerprint density at radius 2 is 1.63 bits per heavy atom. The molecule has 2 atom stereocenters. The first kappa shape index (κ1) is 39.1. The second kappa shape index (κ2) is 15.9. The van der Waals surface area contributed by atoms with Gasteiger partial charge in [-0.2, -0.15) is 10.1 Å². The summed E-state index contributed by atoms with van der Waals surface area (Å²) in [7, 11) is 0. The van der Waals surface area contributed by atoms with Crippen molar-refractivity contribution in [1.29, 1.82) is 0 Å². The number of benzene rings is 3. The summed E-state index contributed by atoms with van der Waals surface area (Å²) in [6.45, 7) is 15.5. The average molecular weight is 768 g/mol. The van der Waals surface area contributed by atoms with Crippen LogP contribution in [0.25, 0.3) is 0 Å². The fourth-order valence-electron chi connectivity index (χ4n) is 5.91. The second-order valence-corrected chi connectivity index (χ2v) is 15.5. The molecule has 0 fully saturated rings. The van der Waals surface area contributed by atoms with Gasteiger partial charge >= 0.3 is 0 Å². The lowest BCUT2D eigenvalue weighted by Crippen LogP contribution is -2.49. The molecule has 0 aromatic heterocycles. The number of rotatable bonds is 12. The minimum absolute atomic E-state index is 0.00359. The predicted molar refractivity (Wildman–Crippen MR) is 210 cm³/mol. The Kier molecular flexibility index (Phi) is 11.9. The Labute approximate surface area is 320 Å². The molecule has 10 nitrogen and oxygen atoms in total. The first-order valence-corrected chi connectivity index (χ1v) is 18.6. The van der Waals surface area contributed by atoms with Crippen molar-refractivity contribution in [2.24, 2.45) is 10.2 Å². The highest BCUT2D eigenvalue weighted by molar-refractivity contribution is 6.43. The van der Waals surface area contributed by atoms with E-state index in [2.05, 4.69) is 74.5 Å². The van der Waals surface area contributed by atoms with E-state index in [-0.39, 0.29) is 43.9 Å². The van der Waals surface area contributed by atoms with Crippen molar-refractivity contribution in [2.45, 2.75) is 97.1 Å². The lowest BCUT2D eigenvalue weighted by Gasteiger charge is -2.31. The number of amidine groups is 1. The van der Waals surface area contributed by atoms with Crippen LogP contribution in [0, 0.1) is 0 Å². The van der Waals surface area contributed by atoms with E-state index in [1.54, 1.807) is 35.5 Å².